The summed E-state index contributed by atoms with van der Waals surface area (Å²) in [6.07, 6.45) is 0. The first-order valence-electron chi connectivity index (χ1n) is 4.96. The third-order valence-electron chi connectivity index (χ3n) is 1.93. The van der Waals surface area contributed by atoms with Gasteiger partial charge in [-0.1, -0.05) is 6.07 Å². The maximum absolute atomic E-state index is 13.4. The molecule has 0 unspecified atom stereocenters. The predicted molar refractivity (Wildman–Crippen MR) is 62.9 cm³/mol. The van der Waals surface area contributed by atoms with Gasteiger partial charge in [0.15, 0.2) is 0 Å². The number of halogens is 2. The SMILES string of the molecule is CCOCCNC(=O)c1c(F)cccc1Br. The molecule has 0 heterocycles. The molecule has 3 nitrogen and oxygen atoms in total. The third kappa shape index (κ3) is 3.57. The second-order valence-electron chi connectivity index (χ2n) is 3.05. The van der Waals surface area contributed by atoms with Crippen molar-refractivity contribution in [3.8, 4) is 0 Å². The minimum atomic E-state index is -0.539. The van der Waals surface area contributed by atoms with E-state index in [2.05, 4.69) is 21.2 Å². The average molecular weight is 290 g/mol. The van der Waals surface area contributed by atoms with Gasteiger partial charge in [0, 0.05) is 17.6 Å². The van der Waals surface area contributed by atoms with Crippen molar-refractivity contribution < 1.29 is 13.9 Å². The summed E-state index contributed by atoms with van der Waals surface area (Å²) in [6.45, 7) is 3.26. The van der Waals surface area contributed by atoms with Gasteiger partial charge in [-0.15, -0.1) is 0 Å². The van der Waals surface area contributed by atoms with E-state index in [1.54, 1.807) is 6.07 Å². The quantitative estimate of drug-likeness (QED) is 0.845. The number of ether oxygens (including phenoxy) is 1. The predicted octanol–water partition coefficient (Wildman–Crippen LogP) is 2.35. The highest BCUT2D eigenvalue weighted by atomic mass is 79.9. The van der Waals surface area contributed by atoms with Gasteiger partial charge in [-0.05, 0) is 35.0 Å². The minimum Gasteiger partial charge on any atom is -0.380 e. The monoisotopic (exact) mass is 289 g/mol. The fourth-order valence-corrected chi connectivity index (χ4v) is 1.71. The molecule has 1 amide bonds. The molecule has 0 aromatic heterocycles. The minimum absolute atomic E-state index is 0.0269. The molecule has 16 heavy (non-hydrogen) atoms. The standard InChI is InChI=1S/C11H13BrFNO2/c1-2-16-7-6-14-11(15)10-8(12)4-3-5-9(10)13/h3-5H,2,6-7H2,1H3,(H,14,15). The molecule has 0 fully saturated rings. The Balaban J connectivity index is 2.59. The van der Waals surface area contributed by atoms with Crippen LogP contribution in [0.5, 0.6) is 0 Å². The number of amides is 1. The van der Waals surface area contributed by atoms with Crippen LogP contribution in [0.4, 0.5) is 4.39 Å². The third-order valence-corrected chi connectivity index (χ3v) is 2.59. The summed E-state index contributed by atoms with van der Waals surface area (Å²) in [7, 11) is 0. The van der Waals surface area contributed by atoms with Gasteiger partial charge in [-0.2, -0.15) is 0 Å². The van der Waals surface area contributed by atoms with E-state index >= 15 is 0 Å². The number of nitrogens with one attached hydrogen (secondary N) is 1. The molecule has 0 saturated heterocycles. The van der Waals surface area contributed by atoms with Gasteiger partial charge in [0.25, 0.3) is 5.91 Å². The maximum atomic E-state index is 13.4. The zero-order valence-corrected chi connectivity index (χ0v) is 10.5. The average Bonchev–Trinajstić information content (AvgIpc) is 2.24. The smallest absolute Gasteiger partial charge is 0.255 e. The molecule has 0 aliphatic rings. The lowest BCUT2D eigenvalue weighted by Gasteiger charge is -2.07. The highest BCUT2D eigenvalue weighted by molar-refractivity contribution is 9.10. The Morgan fingerprint density at radius 2 is 2.31 bits per heavy atom. The van der Waals surface area contributed by atoms with Crippen molar-refractivity contribution in [2.45, 2.75) is 6.92 Å². The summed E-state index contributed by atoms with van der Waals surface area (Å²) >= 11 is 3.14. The van der Waals surface area contributed by atoms with E-state index in [4.69, 9.17) is 4.74 Å². The Morgan fingerprint density at radius 1 is 1.56 bits per heavy atom. The molecule has 1 aromatic rings. The molecular weight excluding hydrogens is 277 g/mol. The second kappa shape index (κ2) is 6.60. The number of hydrogen-bond donors (Lipinski definition) is 1. The van der Waals surface area contributed by atoms with Gasteiger partial charge in [-0.25, -0.2) is 4.39 Å². The summed E-state index contributed by atoms with van der Waals surface area (Å²) in [5.41, 5.74) is 0.0269. The first-order chi connectivity index (χ1) is 7.66. The normalized spacial score (nSPS) is 10.2. The summed E-state index contributed by atoms with van der Waals surface area (Å²) in [5, 5.41) is 2.58. The zero-order valence-electron chi connectivity index (χ0n) is 8.93. The fraction of sp³-hybridized carbons (Fsp3) is 0.364. The van der Waals surface area contributed by atoms with Crippen LogP contribution >= 0.6 is 15.9 Å². The van der Waals surface area contributed by atoms with Gasteiger partial charge in [0.1, 0.15) is 5.82 Å². The molecule has 0 atom stereocenters. The van der Waals surface area contributed by atoms with Crippen molar-refractivity contribution >= 4 is 21.8 Å². The van der Waals surface area contributed by atoms with E-state index in [1.807, 2.05) is 6.92 Å². The molecule has 0 radical (unpaired) electrons. The highest BCUT2D eigenvalue weighted by Crippen LogP contribution is 2.19. The van der Waals surface area contributed by atoms with Crippen molar-refractivity contribution in [3.05, 3.63) is 34.1 Å². The molecule has 5 heteroatoms. The summed E-state index contributed by atoms with van der Waals surface area (Å²) in [6, 6.07) is 4.42. The Labute approximate surface area is 102 Å². The number of benzene rings is 1. The van der Waals surface area contributed by atoms with Crippen LogP contribution in [0.1, 0.15) is 17.3 Å². The number of rotatable bonds is 5. The van der Waals surface area contributed by atoms with E-state index in [1.165, 1.54) is 12.1 Å². The summed E-state index contributed by atoms with van der Waals surface area (Å²) < 4.78 is 18.9. The largest absolute Gasteiger partial charge is 0.380 e. The first-order valence-corrected chi connectivity index (χ1v) is 5.76. The van der Waals surface area contributed by atoms with Crippen LogP contribution in [0.2, 0.25) is 0 Å². The van der Waals surface area contributed by atoms with Crippen LogP contribution in [0.15, 0.2) is 22.7 Å². The van der Waals surface area contributed by atoms with Crippen LogP contribution in [0.3, 0.4) is 0 Å². The number of hydrogen-bond acceptors (Lipinski definition) is 2. The van der Waals surface area contributed by atoms with Crippen LogP contribution < -0.4 is 5.32 Å². The number of carbonyl (C=O) groups excluding carboxylic acids is 1. The molecular formula is C11H13BrFNO2. The molecule has 1 aromatic carbocycles. The van der Waals surface area contributed by atoms with Gasteiger partial charge >= 0.3 is 0 Å². The zero-order chi connectivity index (χ0) is 12.0. The first kappa shape index (κ1) is 13.1. The van der Waals surface area contributed by atoms with E-state index in [-0.39, 0.29) is 5.56 Å². The fourth-order valence-electron chi connectivity index (χ4n) is 1.18. The van der Waals surface area contributed by atoms with Crippen LogP contribution in [-0.2, 0) is 4.74 Å². The molecule has 0 aliphatic heterocycles. The maximum Gasteiger partial charge on any atom is 0.255 e. The molecule has 0 aliphatic carbocycles. The van der Waals surface area contributed by atoms with Crippen molar-refractivity contribution in [1.82, 2.24) is 5.32 Å². The van der Waals surface area contributed by atoms with Crippen molar-refractivity contribution in [2.24, 2.45) is 0 Å². The van der Waals surface area contributed by atoms with Gasteiger partial charge in [0.2, 0.25) is 0 Å². The molecule has 88 valence electrons. The van der Waals surface area contributed by atoms with Crippen molar-refractivity contribution in [2.75, 3.05) is 19.8 Å². The van der Waals surface area contributed by atoms with E-state index in [0.717, 1.165) is 0 Å². The molecule has 0 saturated carbocycles. The molecule has 0 bridgehead atoms. The Morgan fingerprint density at radius 3 is 2.94 bits per heavy atom. The second-order valence-corrected chi connectivity index (χ2v) is 3.90. The van der Waals surface area contributed by atoms with Gasteiger partial charge < -0.3 is 10.1 Å². The topological polar surface area (TPSA) is 38.3 Å². The number of carbonyl (C=O) groups is 1. The van der Waals surface area contributed by atoms with Crippen LogP contribution in [0, 0.1) is 5.82 Å². The van der Waals surface area contributed by atoms with E-state index < -0.39 is 11.7 Å². The van der Waals surface area contributed by atoms with Gasteiger partial charge in [0.05, 0.1) is 12.2 Å². The van der Waals surface area contributed by atoms with E-state index in [0.29, 0.717) is 24.2 Å². The van der Waals surface area contributed by atoms with Crippen LogP contribution in [-0.4, -0.2) is 25.7 Å². The Hall–Kier alpha value is -0.940. The lowest BCUT2D eigenvalue weighted by molar-refractivity contribution is 0.0918. The molecule has 1 N–H and O–H groups in total. The lowest BCUT2D eigenvalue weighted by atomic mass is 10.2. The highest BCUT2D eigenvalue weighted by Gasteiger charge is 2.14. The Kier molecular flexibility index (Phi) is 5.42. The molecule has 0 spiro atoms. The van der Waals surface area contributed by atoms with E-state index in [9.17, 15) is 9.18 Å². The summed E-state index contributed by atoms with van der Waals surface area (Å²) in [4.78, 5) is 11.6. The van der Waals surface area contributed by atoms with Crippen molar-refractivity contribution in [3.63, 3.8) is 0 Å². The lowest BCUT2D eigenvalue weighted by Crippen LogP contribution is -2.28. The molecule has 1 rings (SSSR count). The van der Waals surface area contributed by atoms with Crippen molar-refractivity contribution in [1.29, 1.82) is 0 Å². The van der Waals surface area contributed by atoms with Gasteiger partial charge in [-0.3, -0.25) is 4.79 Å². The van der Waals surface area contributed by atoms with Crippen LogP contribution in [0.25, 0.3) is 0 Å². The summed E-state index contributed by atoms with van der Waals surface area (Å²) in [5.74, 6) is -0.979. The Bertz CT molecular complexity index is 351.